The van der Waals surface area contributed by atoms with E-state index in [9.17, 15) is 9.59 Å². The van der Waals surface area contributed by atoms with E-state index in [0.717, 1.165) is 5.56 Å². The molecule has 0 aliphatic heterocycles. The lowest BCUT2D eigenvalue weighted by Gasteiger charge is -2.09. The van der Waals surface area contributed by atoms with E-state index < -0.39 is 5.97 Å². The Morgan fingerprint density at radius 3 is 2.78 bits per heavy atom. The lowest BCUT2D eigenvalue weighted by Crippen LogP contribution is -2.19. The number of benzene rings is 1. The van der Waals surface area contributed by atoms with Crippen LogP contribution in [0.2, 0.25) is 5.15 Å². The lowest BCUT2D eigenvalue weighted by atomic mass is 10.2. The van der Waals surface area contributed by atoms with Gasteiger partial charge in [0.1, 0.15) is 18.3 Å². The maximum absolute atomic E-state index is 12.0. The van der Waals surface area contributed by atoms with Gasteiger partial charge in [-0.05, 0) is 18.2 Å². The van der Waals surface area contributed by atoms with Crippen molar-refractivity contribution < 1.29 is 9.53 Å². The summed E-state index contributed by atoms with van der Waals surface area (Å²) in [5.41, 5.74) is 1.14. The van der Waals surface area contributed by atoms with E-state index in [4.69, 9.17) is 16.3 Å². The highest BCUT2D eigenvalue weighted by molar-refractivity contribution is 6.29. The third-order valence-electron chi connectivity index (χ3n) is 3.23. The first-order chi connectivity index (χ1) is 11.1. The predicted molar refractivity (Wildman–Crippen MR) is 85.0 cm³/mol. The summed E-state index contributed by atoms with van der Waals surface area (Å²) in [6.45, 7) is 0.0168. The van der Waals surface area contributed by atoms with Gasteiger partial charge in [-0.15, -0.1) is 0 Å². The lowest BCUT2D eigenvalue weighted by molar-refractivity contribution is -0.145. The Bertz CT molecular complexity index is 906. The third-order valence-corrected chi connectivity index (χ3v) is 3.45. The normalized spacial score (nSPS) is 10.7. The largest absolute Gasteiger partial charge is 0.459 e. The molecule has 0 saturated carbocycles. The standard InChI is InChI=1S/C16H12ClN3O3/c17-15-6-5-11(7-18-15)10-23-16(22)9-20-13-4-2-1-3-12(13)14(21)8-19-20/h1-8H,9-10H2. The van der Waals surface area contributed by atoms with Gasteiger partial charge in [0.2, 0.25) is 5.43 Å². The van der Waals surface area contributed by atoms with Crippen LogP contribution in [0.3, 0.4) is 0 Å². The van der Waals surface area contributed by atoms with Crippen molar-refractivity contribution in [2.24, 2.45) is 0 Å². The molecule has 0 unspecified atom stereocenters. The molecular weight excluding hydrogens is 318 g/mol. The molecule has 7 heteroatoms. The summed E-state index contributed by atoms with van der Waals surface area (Å²) in [5.74, 6) is -0.457. The molecule has 3 rings (SSSR count). The van der Waals surface area contributed by atoms with Crippen LogP contribution in [0.5, 0.6) is 0 Å². The fourth-order valence-corrected chi connectivity index (χ4v) is 2.22. The minimum Gasteiger partial charge on any atom is -0.459 e. The maximum atomic E-state index is 12.0. The van der Waals surface area contributed by atoms with Gasteiger partial charge in [0.25, 0.3) is 0 Å². The predicted octanol–water partition coefficient (Wildman–Crippen LogP) is 2.19. The molecule has 0 aliphatic carbocycles. The molecule has 0 aliphatic rings. The minimum atomic E-state index is -0.457. The molecule has 0 atom stereocenters. The molecule has 0 N–H and O–H groups in total. The number of ether oxygens (including phenoxy) is 1. The van der Waals surface area contributed by atoms with Gasteiger partial charge in [-0.1, -0.05) is 29.8 Å². The average Bonchev–Trinajstić information content (AvgIpc) is 2.57. The van der Waals surface area contributed by atoms with Gasteiger partial charge >= 0.3 is 5.97 Å². The Hall–Kier alpha value is -2.73. The van der Waals surface area contributed by atoms with E-state index in [0.29, 0.717) is 16.1 Å². The van der Waals surface area contributed by atoms with Gasteiger partial charge in [0.05, 0.1) is 11.7 Å². The molecule has 6 nitrogen and oxygen atoms in total. The Balaban J connectivity index is 1.72. The van der Waals surface area contributed by atoms with Crippen LogP contribution in [0.15, 0.2) is 53.6 Å². The third kappa shape index (κ3) is 3.54. The van der Waals surface area contributed by atoms with Crippen molar-refractivity contribution in [2.45, 2.75) is 13.2 Å². The number of aromatic nitrogens is 3. The second-order valence-electron chi connectivity index (χ2n) is 4.83. The molecule has 0 amide bonds. The summed E-state index contributed by atoms with van der Waals surface area (Å²) in [6.07, 6.45) is 2.74. The highest BCUT2D eigenvalue weighted by Crippen LogP contribution is 2.09. The van der Waals surface area contributed by atoms with Crippen LogP contribution in [0.1, 0.15) is 5.56 Å². The van der Waals surface area contributed by atoms with Crippen molar-refractivity contribution in [3.63, 3.8) is 0 Å². The maximum Gasteiger partial charge on any atom is 0.328 e. The highest BCUT2D eigenvalue weighted by atomic mass is 35.5. The monoisotopic (exact) mass is 329 g/mol. The number of nitrogens with zero attached hydrogens (tertiary/aromatic N) is 3. The Labute approximate surface area is 136 Å². The molecule has 23 heavy (non-hydrogen) atoms. The number of hydrogen-bond donors (Lipinski definition) is 0. The van der Waals surface area contributed by atoms with Gasteiger partial charge in [0, 0.05) is 17.1 Å². The second kappa shape index (κ2) is 6.58. The molecule has 1 aromatic carbocycles. The van der Waals surface area contributed by atoms with E-state index >= 15 is 0 Å². The van der Waals surface area contributed by atoms with E-state index in [2.05, 4.69) is 10.1 Å². The first kappa shape index (κ1) is 15.2. The number of pyridine rings is 1. The van der Waals surface area contributed by atoms with E-state index in [1.54, 1.807) is 42.6 Å². The fraction of sp³-hybridized carbons (Fsp3) is 0.125. The van der Waals surface area contributed by atoms with Crippen molar-refractivity contribution in [1.29, 1.82) is 0 Å². The first-order valence-corrected chi connectivity index (χ1v) is 7.22. The fourth-order valence-electron chi connectivity index (χ4n) is 2.11. The number of hydrogen-bond acceptors (Lipinski definition) is 5. The molecule has 116 valence electrons. The number of halogens is 1. The van der Waals surface area contributed by atoms with Crippen LogP contribution < -0.4 is 5.43 Å². The van der Waals surface area contributed by atoms with Crippen LogP contribution in [0.4, 0.5) is 0 Å². The number of fused-ring (bicyclic) bond motifs is 1. The number of carbonyl (C=O) groups excluding carboxylic acids is 1. The molecule has 2 aromatic heterocycles. The zero-order valence-electron chi connectivity index (χ0n) is 12.0. The van der Waals surface area contributed by atoms with E-state index in [1.807, 2.05) is 0 Å². The van der Waals surface area contributed by atoms with Crippen LogP contribution >= 0.6 is 11.6 Å². The smallest absolute Gasteiger partial charge is 0.328 e. The molecule has 2 heterocycles. The summed E-state index contributed by atoms with van der Waals surface area (Å²) in [5, 5.41) is 4.88. The van der Waals surface area contributed by atoms with Gasteiger partial charge in [-0.2, -0.15) is 5.10 Å². The molecule has 0 saturated heterocycles. The van der Waals surface area contributed by atoms with Crippen LogP contribution in [0, 0.1) is 0 Å². The average molecular weight is 330 g/mol. The number of carbonyl (C=O) groups is 1. The zero-order chi connectivity index (χ0) is 16.2. The van der Waals surface area contributed by atoms with Crippen molar-refractivity contribution in [1.82, 2.24) is 14.8 Å². The Morgan fingerprint density at radius 2 is 2.00 bits per heavy atom. The first-order valence-electron chi connectivity index (χ1n) is 6.84. The molecular formula is C16H12ClN3O3. The Kier molecular flexibility index (Phi) is 4.34. The van der Waals surface area contributed by atoms with Gasteiger partial charge in [-0.3, -0.25) is 14.3 Å². The number of rotatable bonds is 4. The van der Waals surface area contributed by atoms with Gasteiger partial charge in [0.15, 0.2) is 0 Å². The summed E-state index contributed by atoms with van der Waals surface area (Å²) in [7, 11) is 0. The quantitative estimate of drug-likeness (QED) is 0.542. The van der Waals surface area contributed by atoms with E-state index in [-0.39, 0.29) is 18.6 Å². The molecule has 0 spiro atoms. The van der Waals surface area contributed by atoms with E-state index in [1.165, 1.54) is 10.9 Å². The SMILES string of the molecule is O=C(Cn1ncc(=O)c2ccccc21)OCc1ccc(Cl)nc1. The summed E-state index contributed by atoms with van der Waals surface area (Å²) < 4.78 is 6.63. The Morgan fingerprint density at radius 1 is 1.17 bits per heavy atom. The molecule has 0 bridgehead atoms. The molecule has 0 radical (unpaired) electrons. The van der Waals surface area contributed by atoms with Crippen molar-refractivity contribution >= 4 is 28.5 Å². The molecule has 3 aromatic rings. The summed E-state index contributed by atoms with van der Waals surface area (Å²) in [6, 6.07) is 10.3. The number of esters is 1. The topological polar surface area (TPSA) is 74.1 Å². The van der Waals surface area contributed by atoms with Crippen LogP contribution in [-0.2, 0) is 22.7 Å². The van der Waals surface area contributed by atoms with Crippen molar-refractivity contribution in [3.8, 4) is 0 Å². The van der Waals surface area contributed by atoms with Crippen molar-refractivity contribution in [3.05, 3.63) is 69.7 Å². The zero-order valence-corrected chi connectivity index (χ0v) is 12.7. The molecule has 0 fully saturated rings. The number of para-hydroxylation sites is 1. The van der Waals surface area contributed by atoms with Crippen LogP contribution in [0.25, 0.3) is 10.9 Å². The van der Waals surface area contributed by atoms with Crippen molar-refractivity contribution in [2.75, 3.05) is 0 Å². The van der Waals surface area contributed by atoms with Gasteiger partial charge < -0.3 is 4.74 Å². The highest BCUT2D eigenvalue weighted by Gasteiger charge is 2.09. The second-order valence-corrected chi connectivity index (χ2v) is 5.22. The van der Waals surface area contributed by atoms with Crippen LogP contribution in [-0.4, -0.2) is 20.7 Å². The van der Waals surface area contributed by atoms with Gasteiger partial charge in [-0.25, -0.2) is 4.98 Å². The summed E-state index contributed by atoms with van der Waals surface area (Å²) in [4.78, 5) is 27.6. The minimum absolute atomic E-state index is 0.0815. The summed E-state index contributed by atoms with van der Waals surface area (Å²) >= 11 is 5.69.